The number of benzene rings is 1. The molecular formula is C11H7F3N2O. The average molecular weight is 240 g/mol. The Morgan fingerprint density at radius 3 is 2.71 bits per heavy atom. The molecule has 1 aromatic heterocycles. The monoisotopic (exact) mass is 240 g/mol. The van der Waals surface area contributed by atoms with Gasteiger partial charge in [0.05, 0.1) is 6.20 Å². The van der Waals surface area contributed by atoms with Crippen molar-refractivity contribution in [2.24, 2.45) is 0 Å². The summed E-state index contributed by atoms with van der Waals surface area (Å²) in [5.74, 6) is 0. The fourth-order valence-corrected chi connectivity index (χ4v) is 1.50. The molecule has 0 spiro atoms. The number of aromatic nitrogens is 2. The van der Waals surface area contributed by atoms with Gasteiger partial charge in [-0.25, -0.2) is 0 Å². The van der Waals surface area contributed by atoms with Gasteiger partial charge in [0.15, 0.2) is 0 Å². The SMILES string of the molecule is O=Cc1cccc(-c2cn[nH]c2C(F)(F)F)c1. The van der Waals surface area contributed by atoms with Crippen molar-refractivity contribution in [1.29, 1.82) is 0 Å². The van der Waals surface area contributed by atoms with Crippen LogP contribution in [0.1, 0.15) is 16.1 Å². The van der Waals surface area contributed by atoms with Crippen LogP contribution in [0.3, 0.4) is 0 Å². The Bertz CT molecular complexity index is 546. The number of rotatable bonds is 2. The highest BCUT2D eigenvalue weighted by Gasteiger charge is 2.35. The third kappa shape index (κ3) is 2.20. The van der Waals surface area contributed by atoms with Gasteiger partial charge in [0.1, 0.15) is 12.0 Å². The maximum atomic E-state index is 12.6. The second-order valence-electron chi connectivity index (χ2n) is 3.40. The van der Waals surface area contributed by atoms with Crippen molar-refractivity contribution in [2.45, 2.75) is 6.18 Å². The van der Waals surface area contributed by atoms with E-state index in [9.17, 15) is 18.0 Å². The van der Waals surface area contributed by atoms with Crippen LogP contribution in [0, 0.1) is 0 Å². The third-order valence-corrected chi connectivity index (χ3v) is 2.26. The van der Waals surface area contributed by atoms with Gasteiger partial charge in [-0.2, -0.15) is 18.3 Å². The molecule has 2 rings (SSSR count). The van der Waals surface area contributed by atoms with Crippen molar-refractivity contribution < 1.29 is 18.0 Å². The molecule has 1 heterocycles. The minimum atomic E-state index is -4.50. The fourth-order valence-electron chi connectivity index (χ4n) is 1.50. The van der Waals surface area contributed by atoms with E-state index >= 15 is 0 Å². The standard InChI is InChI=1S/C11H7F3N2O/c12-11(13,14)10-9(5-15-16-10)8-3-1-2-7(4-8)6-17/h1-6H,(H,15,16). The van der Waals surface area contributed by atoms with E-state index in [0.717, 1.165) is 6.20 Å². The molecule has 0 radical (unpaired) electrons. The van der Waals surface area contributed by atoms with Gasteiger partial charge in [0, 0.05) is 11.1 Å². The molecule has 0 aliphatic heterocycles. The smallest absolute Gasteiger partial charge is 0.298 e. The molecule has 1 aromatic carbocycles. The number of carbonyl (C=O) groups is 1. The van der Waals surface area contributed by atoms with E-state index in [0.29, 0.717) is 17.4 Å². The minimum absolute atomic E-state index is 0.0683. The number of halogens is 3. The molecule has 0 fully saturated rings. The second-order valence-corrected chi connectivity index (χ2v) is 3.40. The van der Waals surface area contributed by atoms with E-state index < -0.39 is 11.9 Å². The lowest BCUT2D eigenvalue weighted by molar-refractivity contribution is -0.140. The van der Waals surface area contributed by atoms with Crippen molar-refractivity contribution >= 4 is 6.29 Å². The lowest BCUT2D eigenvalue weighted by atomic mass is 10.0. The summed E-state index contributed by atoms with van der Waals surface area (Å²) in [4.78, 5) is 10.6. The van der Waals surface area contributed by atoms with Gasteiger partial charge >= 0.3 is 6.18 Å². The van der Waals surface area contributed by atoms with Crippen molar-refractivity contribution in [3.05, 3.63) is 41.7 Å². The molecule has 6 heteroatoms. The molecule has 1 N–H and O–H groups in total. The Labute approximate surface area is 94.3 Å². The molecule has 0 amide bonds. The van der Waals surface area contributed by atoms with E-state index in [4.69, 9.17) is 0 Å². The molecule has 3 nitrogen and oxygen atoms in total. The van der Waals surface area contributed by atoms with Gasteiger partial charge in [0.2, 0.25) is 0 Å². The number of aldehydes is 1. The van der Waals surface area contributed by atoms with Gasteiger partial charge in [-0.15, -0.1) is 0 Å². The molecule has 17 heavy (non-hydrogen) atoms. The quantitative estimate of drug-likeness (QED) is 0.820. The summed E-state index contributed by atoms with van der Waals surface area (Å²) in [6.45, 7) is 0. The predicted octanol–water partition coefficient (Wildman–Crippen LogP) is 2.91. The number of nitrogens with zero attached hydrogens (tertiary/aromatic N) is 1. The first-order valence-corrected chi connectivity index (χ1v) is 4.68. The van der Waals surface area contributed by atoms with Crippen LogP contribution in [-0.2, 0) is 6.18 Å². The van der Waals surface area contributed by atoms with E-state index in [1.807, 2.05) is 5.10 Å². The average Bonchev–Trinajstić information content (AvgIpc) is 2.77. The summed E-state index contributed by atoms with van der Waals surface area (Å²) in [5, 5.41) is 5.31. The van der Waals surface area contributed by atoms with Gasteiger partial charge in [-0.3, -0.25) is 9.89 Å². The highest BCUT2D eigenvalue weighted by atomic mass is 19.4. The summed E-state index contributed by atoms with van der Waals surface area (Å²) in [6.07, 6.45) is -2.83. The zero-order valence-corrected chi connectivity index (χ0v) is 8.45. The molecule has 88 valence electrons. The third-order valence-electron chi connectivity index (χ3n) is 2.26. The Morgan fingerprint density at radius 2 is 2.06 bits per heavy atom. The molecule has 2 aromatic rings. The normalized spacial score (nSPS) is 11.5. The first-order chi connectivity index (χ1) is 8.02. The molecule has 0 saturated heterocycles. The largest absolute Gasteiger partial charge is 0.433 e. The molecule has 0 aliphatic rings. The number of hydrogen-bond acceptors (Lipinski definition) is 2. The second kappa shape index (κ2) is 4.04. The van der Waals surface area contributed by atoms with Crippen LogP contribution in [0.25, 0.3) is 11.1 Å². The summed E-state index contributed by atoms with van der Waals surface area (Å²) >= 11 is 0. The molecule has 0 atom stereocenters. The van der Waals surface area contributed by atoms with Crippen molar-refractivity contribution in [3.63, 3.8) is 0 Å². The van der Waals surface area contributed by atoms with E-state index in [1.165, 1.54) is 24.3 Å². The molecule has 0 saturated carbocycles. The lowest BCUT2D eigenvalue weighted by Crippen LogP contribution is -2.07. The minimum Gasteiger partial charge on any atom is -0.298 e. The van der Waals surface area contributed by atoms with Gasteiger partial charge in [-0.1, -0.05) is 18.2 Å². The maximum absolute atomic E-state index is 12.6. The molecule has 0 aliphatic carbocycles. The van der Waals surface area contributed by atoms with E-state index in [-0.39, 0.29) is 5.56 Å². The first-order valence-electron chi connectivity index (χ1n) is 4.68. The Balaban J connectivity index is 2.53. The number of nitrogens with one attached hydrogen (secondary N) is 1. The van der Waals surface area contributed by atoms with Crippen LogP contribution >= 0.6 is 0 Å². The van der Waals surface area contributed by atoms with Gasteiger partial charge < -0.3 is 0 Å². The van der Waals surface area contributed by atoms with Gasteiger partial charge in [-0.05, 0) is 11.6 Å². The Hall–Kier alpha value is -2.11. The van der Waals surface area contributed by atoms with Crippen molar-refractivity contribution in [1.82, 2.24) is 10.2 Å². The number of alkyl halides is 3. The topological polar surface area (TPSA) is 45.8 Å². The van der Waals surface area contributed by atoms with Crippen LogP contribution in [0.2, 0.25) is 0 Å². The van der Waals surface area contributed by atoms with E-state index in [2.05, 4.69) is 5.10 Å². The Morgan fingerprint density at radius 1 is 1.29 bits per heavy atom. The first kappa shape index (κ1) is 11.4. The number of H-pyrrole nitrogens is 1. The van der Waals surface area contributed by atoms with Crippen molar-refractivity contribution in [2.75, 3.05) is 0 Å². The molecule has 0 bridgehead atoms. The van der Waals surface area contributed by atoms with Crippen LogP contribution in [0.4, 0.5) is 13.2 Å². The van der Waals surface area contributed by atoms with Crippen LogP contribution in [0.5, 0.6) is 0 Å². The highest BCUT2D eigenvalue weighted by molar-refractivity contribution is 5.79. The van der Waals surface area contributed by atoms with Crippen LogP contribution in [-0.4, -0.2) is 16.5 Å². The number of aromatic amines is 1. The van der Waals surface area contributed by atoms with E-state index in [1.54, 1.807) is 0 Å². The maximum Gasteiger partial charge on any atom is 0.433 e. The molecular weight excluding hydrogens is 233 g/mol. The summed E-state index contributed by atoms with van der Waals surface area (Å²) < 4.78 is 37.8. The van der Waals surface area contributed by atoms with Crippen LogP contribution in [0.15, 0.2) is 30.5 Å². The summed E-state index contributed by atoms with van der Waals surface area (Å²) in [5.41, 5.74) is -0.366. The number of carbonyl (C=O) groups excluding carboxylic acids is 1. The summed E-state index contributed by atoms with van der Waals surface area (Å²) in [7, 11) is 0. The number of hydrogen-bond donors (Lipinski definition) is 1. The zero-order chi connectivity index (χ0) is 12.5. The molecule has 0 unspecified atom stereocenters. The highest BCUT2D eigenvalue weighted by Crippen LogP contribution is 2.35. The predicted molar refractivity (Wildman–Crippen MR) is 54.4 cm³/mol. The van der Waals surface area contributed by atoms with Crippen molar-refractivity contribution in [3.8, 4) is 11.1 Å². The zero-order valence-electron chi connectivity index (χ0n) is 8.45. The lowest BCUT2D eigenvalue weighted by Gasteiger charge is -2.07. The summed E-state index contributed by atoms with van der Waals surface area (Å²) in [6, 6.07) is 5.91. The fraction of sp³-hybridized carbons (Fsp3) is 0.0909. The Kier molecular flexibility index (Phi) is 2.71. The van der Waals surface area contributed by atoms with Crippen LogP contribution < -0.4 is 0 Å². The van der Waals surface area contributed by atoms with Gasteiger partial charge in [0.25, 0.3) is 0 Å².